The second kappa shape index (κ2) is 6.33. The molecule has 0 aliphatic heterocycles. The lowest BCUT2D eigenvalue weighted by atomic mass is 9.77. The van der Waals surface area contributed by atoms with E-state index < -0.39 is 16.0 Å². The quantitative estimate of drug-likeness (QED) is 0.839. The number of rotatable bonds is 5. The second-order valence-electron chi connectivity index (χ2n) is 5.97. The summed E-state index contributed by atoms with van der Waals surface area (Å²) in [6, 6.07) is 0. The van der Waals surface area contributed by atoms with Gasteiger partial charge in [0.1, 0.15) is 16.0 Å². The maximum Gasteiger partial charge on any atom is 0.150 e. The summed E-state index contributed by atoms with van der Waals surface area (Å²) >= 11 is 0. The fraction of sp³-hybridized carbons (Fsp3) is 1.00. The third-order valence-electron chi connectivity index (χ3n) is 4.26. The van der Waals surface area contributed by atoms with E-state index in [2.05, 4.69) is 0 Å². The van der Waals surface area contributed by atoms with Gasteiger partial charge in [0, 0.05) is 12.2 Å². The first kappa shape index (κ1) is 15.9. The average molecular weight is 279 g/mol. The van der Waals surface area contributed by atoms with Crippen molar-refractivity contribution >= 4 is 9.84 Å². The van der Waals surface area contributed by atoms with E-state index in [1.807, 2.05) is 13.8 Å². The Morgan fingerprint density at radius 1 is 1.33 bits per heavy atom. The fourth-order valence-electron chi connectivity index (χ4n) is 2.98. The van der Waals surface area contributed by atoms with Crippen LogP contribution in [0.25, 0.3) is 0 Å². The average Bonchev–Trinajstić information content (AvgIpc) is 2.28. The highest BCUT2D eigenvalue weighted by Gasteiger charge is 2.37. The molecule has 4 unspecified atom stereocenters. The van der Waals surface area contributed by atoms with E-state index in [1.165, 1.54) is 6.26 Å². The molecule has 18 heavy (non-hydrogen) atoms. The minimum Gasteiger partial charge on any atom is -0.330 e. The van der Waals surface area contributed by atoms with Gasteiger partial charge in [0.15, 0.2) is 0 Å². The van der Waals surface area contributed by atoms with Gasteiger partial charge in [-0.25, -0.2) is 12.8 Å². The highest BCUT2D eigenvalue weighted by atomic mass is 32.2. The van der Waals surface area contributed by atoms with Crippen LogP contribution in [-0.4, -0.2) is 32.6 Å². The van der Waals surface area contributed by atoms with Crippen molar-refractivity contribution in [2.45, 2.75) is 51.0 Å². The third-order valence-corrected chi connectivity index (χ3v) is 5.90. The smallest absolute Gasteiger partial charge is 0.150 e. The molecule has 0 aromatic rings. The second-order valence-corrected chi connectivity index (χ2v) is 8.29. The van der Waals surface area contributed by atoms with Gasteiger partial charge in [0.2, 0.25) is 0 Å². The molecule has 4 atom stereocenters. The summed E-state index contributed by atoms with van der Waals surface area (Å²) in [5, 5.41) is -0.361. The maximum absolute atomic E-state index is 14.5. The number of hydrogen-bond acceptors (Lipinski definition) is 3. The monoisotopic (exact) mass is 279 g/mol. The topological polar surface area (TPSA) is 60.2 Å². The lowest BCUT2D eigenvalue weighted by Gasteiger charge is -2.34. The van der Waals surface area contributed by atoms with Crippen LogP contribution in [0, 0.1) is 17.8 Å². The van der Waals surface area contributed by atoms with Crippen LogP contribution >= 0.6 is 0 Å². The summed E-state index contributed by atoms with van der Waals surface area (Å²) in [5.74, 6) is -0.105. The molecule has 5 heteroatoms. The van der Waals surface area contributed by atoms with Crippen molar-refractivity contribution in [3.63, 3.8) is 0 Å². The Hall–Kier alpha value is -0.160. The van der Waals surface area contributed by atoms with Gasteiger partial charge in [0.05, 0.1) is 5.25 Å². The van der Waals surface area contributed by atoms with Gasteiger partial charge >= 0.3 is 0 Å². The van der Waals surface area contributed by atoms with E-state index in [-0.39, 0.29) is 23.0 Å². The third kappa shape index (κ3) is 3.92. The molecule has 3 nitrogen and oxygen atoms in total. The number of hydrogen-bond donors (Lipinski definition) is 1. The molecule has 0 aromatic heterocycles. The van der Waals surface area contributed by atoms with Gasteiger partial charge in [-0.2, -0.15) is 0 Å². The zero-order chi connectivity index (χ0) is 13.9. The molecule has 0 aromatic carbocycles. The summed E-state index contributed by atoms with van der Waals surface area (Å²) in [6.45, 7) is 4.28. The molecule has 2 N–H and O–H groups in total. The predicted octanol–water partition coefficient (Wildman–Crippen LogP) is 2.16. The van der Waals surface area contributed by atoms with E-state index in [1.54, 1.807) is 0 Å². The zero-order valence-corrected chi connectivity index (χ0v) is 12.4. The summed E-state index contributed by atoms with van der Waals surface area (Å²) < 4.78 is 37.7. The first-order valence-electron chi connectivity index (χ1n) is 6.80. The minimum atomic E-state index is -3.04. The molecule has 0 saturated heterocycles. The molecule has 1 rings (SSSR count). The van der Waals surface area contributed by atoms with Crippen molar-refractivity contribution in [1.29, 1.82) is 0 Å². The Labute approximate surface area is 110 Å². The molecular weight excluding hydrogens is 253 g/mol. The van der Waals surface area contributed by atoms with Crippen molar-refractivity contribution in [1.82, 2.24) is 0 Å². The van der Waals surface area contributed by atoms with Gasteiger partial charge < -0.3 is 5.73 Å². The van der Waals surface area contributed by atoms with E-state index in [4.69, 9.17) is 5.73 Å². The summed E-state index contributed by atoms with van der Waals surface area (Å²) in [6.07, 6.45) is 3.02. The summed E-state index contributed by atoms with van der Waals surface area (Å²) in [4.78, 5) is 0. The largest absolute Gasteiger partial charge is 0.330 e. The molecule has 1 fully saturated rings. The first-order valence-corrected chi connectivity index (χ1v) is 8.75. The molecule has 0 bridgehead atoms. The first-order chi connectivity index (χ1) is 8.27. The normalized spacial score (nSPS) is 29.2. The van der Waals surface area contributed by atoms with Gasteiger partial charge in [-0.05, 0) is 37.6 Å². The zero-order valence-electron chi connectivity index (χ0n) is 11.6. The summed E-state index contributed by atoms with van der Waals surface area (Å²) in [5.41, 5.74) is 5.64. The number of alkyl halides is 1. The molecule has 1 aliphatic carbocycles. The molecule has 1 aliphatic rings. The van der Waals surface area contributed by atoms with E-state index in [0.717, 1.165) is 12.8 Å². The van der Waals surface area contributed by atoms with Gasteiger partial charge in [-0.3, -0.25) is 0 Å². The van der Waals surface area contributed by atoms with Crippen molar-refractivity contribution in [2.75, 3.05) is 12.8 Å². The van der Waals surface area contributed by atoms with Crippen LogP contribution in [0.3, 0.4) is 0 Å². The van der Waals surface area contributed by atoms with Crippen LogP contribution in [0.4, 0.5) is 4.39 Å². The number of nitrogens with two attached hydrogens (primary N) is 1. The van der Waals surface area contributed by atoms with E-state index in [9.17, 15) is 12.8 Å². The van der Waals surface area contributed by atoms with Gasteiger partial charge in [-0.1, -0.05) is 20.3 Å². The number of sulfone groups is 1. The SMILES string of the molecule is CC(C)C(CN)C(F)C1CCCC(S(C)(=O)=O)C1. The molecular formula is C13H26FNO2S. The highest BCUT2D eigenvalue weighted by molar-refractivity contribution is 7.91. The molecule has 1 saturated carbocycles. The van der Waals surface area contributed by atoms with Crippen LogP contribution in [-0.2, 0) is 9.84 Å². The Balaban J connectivity index is 2.71. The lowest BCUT2D eigenvalue weighted by Crippen LogP contribution is -2.39. The van der Waals surface area contributed by atoms with Crippen LogP contribution in [0.15, 0.2) is 0 Å². The lowest BCUT2D eigenvalue weighted by molar-refractivity contribution is 0.0977. The van der Waals surface area contributed by atoms with Crippen LogP contribution in [0.2, 0.25) is 0 Å². The van der Waals surface area contributed by atoms with Crippen LogP contribution in [0.5, 0.6) is 0 Å². The Bertz CT molecular complexity index is 356. The van der Waals surface area contributed by atoms with Crippen molar-refractivity contribution in [3.8, 4) is 0 Å². The van der Waals surface area contributed by atoms with E-state index >= 15 is 0 Å². The van der Waals surface area contributed by atoms with Gasteiger partial charge in [-0.15, -0.1) is 0 Å². The maximum atomic E-state index is 14.5. The van der Waals surface area contributed by atoms with Crippen molar-refractivity contribution in [2.24, 2.45) is 23.5 Å². The van der Waals surface area contributed by atoms with Crippen molar-refractivity contribution < 1.29 is 12.8 Å². The summed E-state index contributed by atoms with van der Waals surface area (Å²) in [7, 11) is -3.04. The Morgan fingerprint density at radius 3 is 2.39 bits per heavy atom. The Morgan fingerprint density at radius 2 is 1.94 bits per heavy atom. The fourth-order valence-corrected chi connectivity index (χ4v) is 4.17. The molecule has 108 valence electrons. The highest BCUT2D eigenvalue weighted by Crippen LogP contribution is 2.36. The molecule has 0 heterocycles. The van der Waals surface area contributed by atoms with Crippen LogP contribution < -0.4 is 5.73 Å². The Kier molecular flexibility index (Phi) is 5.59. The number of halogens is 1. The van der Waals surface area contributed by atoms with Crippen LogP contribution in [0.1, 0.15) is 39.5 Å². The predicted molar refractivity (Wildman–Crippen MR) is 72.9 cm³/mol. The van der Waals surface area contributed by atoms with Crippen molar-refractivity contribution in [3.05, 3.63) is 0 Å². The van der Waals surface area contributed by atoms with E-state index in [0.29, 0.717) is 19.4 Å². The van der Waals surface area contributed by atoms with Gasteiger partial charge in [0.25, 0.3) is 0 Å². The minimum absolute atomic E-state index is 0.144. The standard InChI is InChI=1S/C13H26FNO2S/c1-9(2)12(8-15)13(14)10-5-4-6-11(7-10)18(3,16)17/h9-13H,4-8,15H2,1-3H3. The molecule has 0 radical (unpaired) electrons. The molecule has 0 amide bonds. The molecule has 0 spiro atoms.